The molecule has 5 rings (SSSR count). The zero-order chi connectivity index (χ0) is 22.9. The van der Waals surface area contributed by atoms with Crippen molar-refractivity contribution in [1.82, 2.24) is 0 Å². The Morgan fingerprint density at radius 3 is 1.56 bits per heavy atom. The first-order valence-corrected chi connectivity index (χ1v) is 10.7. The van der Waals surface area contributed by atoms with Gasteiger partial charge in [-0.3, -0.25) is 19.2 Å². The van der Waals surface area contributed by atoms with Gasteiger partial charge in [0.2, 0.25) is 0 Å². The van der Waals surface area contributed by atoms with Crippen LogP contribution in [-0.2, 0) is 0 Å². The minimum Gasteiger partial charge on any atom is -0.276 e. The fourth-order valence-electron chi connectivity index (χ4n) is 4.64. The van der Waals surface area contributed by atoms with Gasteiger partial charge in [-0.05, 0) is 84.8 Å². The van der Waals surface area contributed by atoms with Crippen LogP contribution in [0.1, 0.15) is 41.4 Å². The lowest BCUT2D eigenvalue weighted by Crippen LogP contribution is -2.12. The summed E-state index contributed by atoms with van der Waals surface area (Å²) in [7, 11) is 0. The normalized spacial score (nSPS) is 11.6. The molecule has 0 aliphatic heterocycles. The van der Waals surface area contributed by atoms with Crippen LogP contribution in [0.5, 0.6) is 0 Å². The molecule has 156 valence electrons. The van der Waals surface area contributed by atoms with Crippen LogP contribution in [0, 0.1) is 0 Å². The molecule has 4 nitrogen and oxygen atoms in total. The Morgan fingerprint density at radius 1 is 0.469 bits per heavy atom. The minimum absolute atomic E-state index is 0.0463. The standard InChI is InChI=1S/C24H8Cl4O4/c25-21(29)13-8-7-11-10-5-1-3-9-4-2-6-12(14(9)10)16-15(11)17(13)19(23(27)31)20(24(28)32)18(16)22(26)30/h1-8H. The lowest BCUT2D eigenvalue weighted by atomic mass is 9.82. The van der Waals surface area contributed by atoms with Gasteiger partial charge in [-0.15, -0.1) is 0 Å². The highest BCUT2D eigenvalue weighted by Crippen LogP contribution is 2.46. The van der Waals surface area contributed by atoms with E-state index < -0.39 is 26.5 Å². The second kappa shape index (κ2) is 7.39. The second-order valence-corrected chi connectivity index (χ2v) is 8.59. The summed E-state index contributed by atoms with van der Waals surface area (Å²) >= 11 is 23.5. The minimum atomic E-state index is -1.11. The molecule has 0 aliphatic carbocycles. The number of rotatable bonds is 4. The van der Waals surface area contributed by atoms with Crippen molar-refractivity contribution in [2.24, 2.45) is 0 Å². The Labute approximate surface area is 199 Å². The van der Waals surface area contributed by atoms with Crippen LogP contribution >= 0.6 is 46.4 Å². The van der Waals surface area contributed by atoms with Crippen LogP contribution in [0.4, 0.5) is 0 Å². The van der Waals surface area contributed by atoms with Crippen molar-refractivity contribution in [1.29, 1.82) is 0 Å². The third kappa shape index (κ3) is 2.77. The Morgan fingerprint density at radius 2 is 1.00 bits per heavy atom. The maximum absolute atomic E-state index is 12.7. The van der Waals surface area contributed by atoms with E-state index in [1.165, 1.54) is 6.07 Å². The Balaban J connectivity index is 2.33. The summed E-state index contributed by atoms with van der Waals surface area (Å²) < 4.78 is 0. The fraction of sp³-hybridized carbons (Fsp3) is 0. The maximum atomic E-state index is 12.7. The first-order valence-electron chi connectivity index (χ1n) is 9.22. The SMILES string of the molecule is O=C(Cl)c1c(C(=O)Cl)c2c(C(=O)Cl)ccc3c4cccc5cccc(c(c1C(=O)Cl)c23)c54. The molecule has 0 aromatic heterocycles. The third-order valence-corrected chi connectivity index (χ3v) is 6.49. The number of benzene rings is 5. The van der Waals surface area contributed by atoms with Gasteiger partial charge in [-0.25, -0.2) is 0 Å². The van der Waals surface area contributed by atoms with E-state index in [0.717, 1.165) is 16.2 Å². The van der Waals surface area contributed by atoms with E-state index in [2.05, 4.69) is 0 Å². The van der Waals surface area contributed by atoms with Crippen LogP contribution < -0.4 is 0 Å². The summed E-state index contributed by atoms with van der Waals surface area (Å²) in [6.07, 6.45) is 0. The summed E-state index contributed by atoms with van der Waals surface area (Å²) in [6, 6.07) is 14.3. The van der Waals surface area contributed by atoms with Crippen molar-refractivity contribution in [3.05, 3.63) is 70.8 Å². The number of fused-ring (bicyclic) bond motifs is 2. The van der Waals surface area contributed by atoms with E-state index in [9.17, 15) is 19.2 Å². The average molecular weight is 502 g/mol. The fourth-order valence-corrected chi connectivity index (χ4v) is 5.37. The topological polar surface area (TPSA) is 68.3 Å². The first kappa shape index (κ1) is 21.1. The molecular formula is C24H8Cl4O4. The molecule has 0 heterocycles. The Bertz CT molecular complexity index is 1680. The van der Waals surface area contributed by atoms with E-state index in [-0.39, 0.29) is 22.1 Å². The van der Waals surface area contributed by atoms with Gasteiger partial charge in [0.05, 0.1) is 16.7 Å². The van der Waals surface area contributed by atoms with Crippen molar-refractivity contribution in [2.45, 2.75) is 0 Å². The van der Waals surface area contributed by atoms with Crippen molar-refractivity contribution in [3.63, 3.8) is 0 Å². The zero-order valence-electron chi connectivity index (χ0n) is 15.8. The molecule has 8 heteroatoms. The molecule has 0 saturated heterocycles. The largest absolute Gasteiger partial charge is 0.276 e. The molecule has 0 N–H and O–H groups in total. The number of hydrogen-bond donors (Lipinski definition) is 0. The third-order valence-electron chi connectivity index (χ3n) is 5.72. The average Bonchev–Trinajstić information content (AvgIpc) is 2.75. The first-order chi connectivity index (χ1) is 15.2. The quantitative estimate of drug-likeness (QED) is 0.148. The van der Waals surface area contributed by atoms with Crippen LogP contribution in [0.25, 0.3) is 43.1 Å². The summed E-state index contributed by atoms with van der Waals surface area (Å²) in [6.45, 7) is 0. The summed E-state index contributed by atoms with van der Waals surface area (Å²) in [4.78, 5) is 50.0. The van der Waals surface area contributed by atoms with Gasteiger partial charge < -0.3 is 0 Å². The summed E-state index contributed by atoms with van der Waals surface area (Å²) in [5.74, 6) is 0. The van der Waals surface area contributed by atoms with Crippen molar-refractivity contribution in [3.8, 4) is 0 Å². The van der Waals surface area contributed by atoms with E-state index in [1.54, 1.807) is 18.2 Å². The predicted molar refractivity (Wildman–Crippen MR) is 128 cm³/mol. The second-order valence-electron chi connectivity index (χ2n) is 7.21. The number of hydrogen-bond acceptors (Lipinski definition) is 4. The van der Waals surface area contributed by atoms with Gasteiger partial charge >= 0.3 is 0 Å². The van der Waals surface area contributed by atoms with E-state index in [4.69, 9.17) is 46.4 Å². The molecule has 0 atom stereocenters. The van der Waals surface area contributed by atoms with E-state index in [0.29, 0.717) is 21.5 Å². The predicted octanol–water partition coefficient (Wildman–Crippen LogP) is 7.25. The van der Waals surface area contributed by atoms with Crippen molar-refractivity contribution in [2.75, 3.05) is 0 Å². The molecular weight excluding hydrogens is 494 g/mol. The van der Waals surface area contributed by atoms with Gasteiger partial charge in [-0.2, -0.15) is 0 Å². The molecule has 5 aromatic rings. The molecule has 0 amide bonds. The number of carbonyl (C=O) groups excluding carboxylic acids is 4. The summed E-state index contributed by atoms with van der Waals surface area (Å²) in [5.41, 5.74) is -1.13. The van der Waals surface area contributed by atoms with Gasteiger partial charge in [0.25, 0.3) is 21.0 Å². The van der Waals surface area contributed by atoms with Crippen LogP contribution in [0.15, 0.2) is 48.5 Å². The monoisotopic (exact) mass is 500 g/mol. The molecule has 0 spiro atoms. The van der Waals surface area contributed by atoms with Crippen molar-refractivity contribution >= 4 is 110 Å². The molecule has 0 bridgehead atoms. The van der Waals surface area contributed by atoms with Crippen molar-refractivity contribution < 1.29 is 19.2 Å². The maximum Gasteiger partial charge on any atom is 0.254 e. The van der Waals surface area contributed by atoms with Gasteiger partial charge in [0.15, 0.2) is 0 Å². The Hall–Kier alpha value is -2.76. The number of halogens is 4. The van der Waals surface area contributed by atoms with Crippen LogP contribution in [0.3, 0.4) is 0 Å². The van der Waals surface area contributed by atoms with E-state index >= 15 is 0 Å². The summed E-state index contributed by atoms with van der Waals surface area (Å²) in [5, 5.41) is 0.442. The van der Waals surface area contributed by atoms with E-state index in [1.807, 2.05) is 24.3 Å². The van der Waals surface area contributed by atoms with Gasteiger partial charge in [0, 0.05) is 16.3 Å². The molecule has 32 heavy (non-hydrogen) atoms. The molecule has 0 fully saturated rings. The van der Waals surface area contributed by atoms with Gasteiger partial charge in [-0.1, -0.05) is 42.5 Å². The molecule has 0 radical (unpaired) electrons. The zero-order valence-corrected chi connectivity index (χ0v) is 18.8. The highest BCUT2D eigenvalue weighted by Gasteiger charge is 2.32. The Kier molecular flexibility index (Phi) is 4.88. The highest BCUT2D eigenvalue weighted by molar-refractivity contribution is 6.77. The molecule has 5 aromatic carbocycles. The number of carbonyl (C=O) groups is 4. The van der Waals surface area contributed by atoms with Crippen LogP contribution in [0.2, 0.25) is 0 Å². The molecule has 0 unspecified atom stereocenters. The van der Waals surface area contributed by atoms with Crippen LogP contribution in [-0.4, -0.2) is 21.0 Å². The smallest absolute Gasteiger partial charge is 0.254 e. The lowest BCUT2D eigenvalue weighted by Gasteiger charge is -2.21. The van der Waals surface area contributed by atoms with Gasteiger partial charge in [0.1, 0.15) is 0 Å². The molecule has 0 saturated carbocycles. The molecule has 0 aliphatic rings. The lowest BCUT2D eigenvalue weighted by molar-refractivity contribution is 0.104. The highest BCUT2D eigenvalue weighted by atomic mass is 35.5.